The number of methoxy groups -OCH3 is 1. The van der Waals surface area contributed by atoms with Crippen LogP contribution < -0.4 is 10.1 Å². The van der Waals surface area contributed by atoms with Crippen LogP contribution in [0, 0.1) is 20.8 Å². The van der Waals surface area contributed by atoms with Crippen LogP contribution in [0.4, 0.5) is 5.69 Å². The fraction of sp³-hybridized carbons (Fsp3) is 0.280. The third-order valence-electron chi connectivity index (χ3n) is 5.40. The molecule has 1 aromatic heterocycles. The Morgan fingerprint density at radius 1 is 1.03 bits per heavy atom. The highest BCUT2D eigenvalue weighted by molar-refractivity contribution is 6.00. The van der Waals surface area contributed by atoms with E-state index in [2.05, 4.69) is 22.9 Å². The summed E-state index contributed by atoms with van der Waals surface area (Å²) in [5, 5.41) is 2.83. The molecule has 0 atom stereocenters. The number of nitrogens with one attached hydrogen (secondary N) is 1. The first-order valence-corrected chi connectivity index (χ1v) is 10.3. The number of rotatable bonds is 7. The molecule has 1 heterocycles. The number of aromatic nitrogens is 1. The van der Waals surface area contributed by atoms with Crippen LogP contribution in [0.5, 0.6) is 5.75 Å². The highest BCUT2D eigenvalue weighted by atomic mass is 16.5. The molecule has 6 heteroatoms. The van der Waals surface area contributed by atoms with E-state index < -0.39 is 0 Å². The molecule has 3 rings (SSSR count). The Kier molecular flexibility index (Phi) is 6.80. The summed E-state index contributed by atoms with van der Waals surface area (Å²) < 4.78 is 7.37. The summed E-state index contributed by atoms with van der Waals surface area (Å²) in [6.45, 7) is 8.23. The fourth-order valence-electron chi connectivity index (χ4n) is 3.77. The first-order valence-electron chi connectivity index (χ1n) is 10.3. The van der Waals surface area contributed by atoms with Crippen LogP contribution in [0.2, 0.25) is 0 Å². The first-order chi connectivity index (χ1) is 14.9. The highest BCUT2D eigenvalue weighted by Gasteiger charge is 2.23. The van der Waals surface area contributed by atoms with E-state index in [9.17, 15) is 9.59 Å². The molecular formula is C25H29N3O3. The van der Waals surface area contributed by atoms with Crippen LogP contribution in [0.15, 0.2) is 54.6 Å². The molecule has 0 radical (unpaired) electrons. The van der Waals surface area contributed by atoms with Gasteiger partial charge in [-0.15, -0.1) is 0 Å². The average molecular weight is 420 g/mol. The quantitative estimate of drug-likeness (QED) is 0.613. The van der Waals surface area contributed by atoms with Gasteiger partial charge >= 0.3 is 0 Å². The van der Waals surface area contributed by atoms with Crippen molar-refractivity contribution < 1.29 is 14.3 Å². The zero-order valence-corrected chi connectivity index (χ0v) is 18.7. The van der Waals surface area contributed by atoms with Crippen molar-refractivity contribution in [2.45, 2.75) is 27.7 Å². The fourth-order valence-corrected chi connectivity index (χ4v) is 3.77. The zero-order valence-electron chi connectivity index (χ0n) is 18.7. The maximum atomic E-state index is 13.3. The van der Waals surface area contributed by atoms with Crippen molar-refractivity contribution in [1.29, 1.82) is 0 Å². The normalized spacial score (nSPS) is 10.6. The van der Waals surface area contributed by atoms with E-state index in [1.165, 1.54) is 0 Å². The van der Waals surface area contributed by atoms with Crippen molar-refractivity contribution in [2.75, 3.05) is 25.5 Å². The summed E-state index contributed by atoms with van der Waals surface area (Å²) in [4.78, 5) is 27.5. The second kappa shape index (κ2) is 9.51. The largest absolute Gasteiger partial charge is 0.495 e. The SMILES string of the molecule is CCN(CC(=O)Nc1ccccc1OC)C(=O)c1cc(C)n(-c2ccccc2C)c1C. The summed E-state index contributed by atoms with van der Waals surface area (Å²) >= 11 is 0. The Hall–Kier alpha value is -3.54. The van der Waals surface area contributed by atoms with E-state index in [0.717, 1.165) is 22.6 Å². The number of aryl methyl sites for hydroxylation is 2. The number of likely N-dealkylation sites (N-methyl/N-ethyl adjacent to an activating group) is 1. The van der Waals surface area contributed by atoms with Crippen LogP contribution in [-0.2, 0) is 4.79 Å². The number of hydrogen-bond donors (Lipinski definition) is 1. The molecule has 6 nitrogen and oxygen atoms in total. The molecule has 0 bridgehead atoms. The van der Waals surface area contributed by atoms with Gasteiger partial charge in [0.1, 0.15) is 12.3 Å². The summed E-state index contributed by atoms with van der Waals surface area (Å²) in [5.41, 5.74) is 5.20. The molecule has 0 aliphatic heterocycles. The van der Waals surface area contributed by atoms with E-state index in [-0.39, 0.29) is 18.4 Å². The predicted molar refractivity (Wildman–Crippen MR) is 123 cm³/mol. The molecule has 2 amide bonds. The average Bonchev–Trinajstić information content (AvgIpc) is 3.06. The molecule has 162 valence electrons. The van der Waals surface area contributed by atoms with Gasteiger partial charge in [-0.3, -0.25) is 9.59 Å². The molecule has 0 saturated carbocycles. The van der Waals surface area contributed by atoms with Crippen LogP contribution in [0.25, 0.3) is 5.69 Å². The van der Waals surface area contributed by atoms with Gasteiger partial charge in [0.05, 0.1) is 18.4 Å². The summed E-state index contributed by atoms with van der Waals surface area (Å²) in [6, 6.07) is 17.2. The Bertz CT molecular complexity index is 1100. The van der Waals surface area contributed by atoms with Gasteiger partial charge < -0.3 is 19.5 Å². The maximum absolute atomic E-state index is 13.3. The highest BCUT2D eigenvalue weighted by Crippen LogP contribution is 2.25. The molecule has 0 aliphatic rings. The third kappa shape index (κ3) is 4.63. The minimum Gasteiger partial charge on any atom is -0.495 e. The second-order valence-corrected chi connectivity index (χ2v) is 7.47. The number of ether oxygens (including phenoxy) is 1. The predicted octanol–water partition coefficient (Wildman–Crippen LogP) is 4.51. The van der Waals surface area contributed by atoms with Crippen molar-refractivity contribution in [3.63, 3.8) is 0 Å². The van der Waals surface area contributed by atoms with Gasteiger partial charge in [0, 0.05) is 23.6 Å². The van der Waals surface area contributed by atoms with Crippen LogP contribution >= 0.6 is 0 Å². The molecule has 1 N–H and O–H groups in total. The molecule has 31 heavy (non-hydrogen) atoms. The van der Waals surface area contributed by atoms with E-state index in [1.54, 1.807) is 24.1 Å². The Morgan fingerprint density at radius 2 is 1.71 bits per heavy atom. The van der Waals surface area contributed by atoms with Gasteiger partial charge in [0.2, 0.25) is 5.91 Å². The van der Waals surface area contributed by atoms with Crippen molar-refractivity contribution in [2.24, 2.45) is 0 Å². The number of nitrogens with zero attached hydrogens (tertiary/aromatic N) is 2. The summed E-state index contributed by atoms with van der Waals surface area (Å²) in [6.07, 6.45) is 0. The van der Waals surface area contributed by atoms with Gasteiger partial charge in [-0.05, 0) is 57.5 Å². The lowest BCUT2D eigenvalue weighted by atomic mass is 10.2. The molecule has 0 fully saturated rings. The van der Waals surface area contributed by atoms with Crippen molar-refractivity contribution >= 4 is 17.5 Å². The Morgan fingerprint density at radius 3 is 2.39 bits per heavy atom. The summed E-state index contributed by atoms with van der Waals surface area (Å²) in [5.74, 6) is 0.144. The van der Waals surface area contributed by atoms with Gasteiger partial charge in [-0.25, -0.2) is 0 Å². The molecule has 3 aromatic rings. The van der Waals surface area contributed by atoms with Crippen LogP contribution in [0.3, 0.4) is 0 Å². The maximum Gasteiger partial charge on any atom is 0.256 e. The van der Waals surface area contributed by atoms with Gasteiger partial charge in [0.25, 0.3) is 5.91 Å². The minimum atomic E-state index is -0.271. The smallest absolute Gasteiger partial charge is 0.256 e. The van der Waals surface area contributed by atoms with Crippen molar-refractivity contribution in [3.8, 4) is 11.4 Å². The van der Waals surface area contributed by atoms with Crippen molar-refractivity contribution in [3.05, 3.63) is 77.1 Å². The second-order valence-electron chi connectivity index (χ2n) is 7.47. The van der Waals surface area contributed by atoms with E-state index in [1.807, 2.05) is 57.2 Å². The number of hydrogen-bond acceptors (Lipinski definition) is 3. The molecule has 0 aliphatic carbocycles. The Balaban J connectivity index is 1.82. The molecule has 0 unspecified atom stereocenters. The van der Waals surface area contributed by atoms with Crippen LogP contribution in [0.1, 0.15) is 34.2 Å². The number of anilines is 1. The topological polar surface area (TPSA) is 63.6 Å². The number of carbonyl (C=O) groups is 2. The monoisotopic (exact) mass is 419 g/mol. The lowest BCUT2D eigenvalue weighted by Crippen LogP contribution is -2.38. The molecular weight excluding hydrogens is 390 g/mol. The van der Waals surface area contributed by atoms with E-state index in [0.29, 0.717) is 23.5 Å². The van der Waals surface area contributed by atoms with Crippen molar-refractivity contribution in [1.82, 2.24) is 9.47 Å². The molecule has 0 spiro atoms. The number of carbonyl (C=O) groups excluding carboxylic acids is 2. The van der Waals surface area contributed by atoms with E-state index >= 15 is 0 Å². The van der Waals surface area contributed by atoms with Gasteiger partial charge in [-0.1, -0.05) is 30.3 Å². The number of amides is 2. The summed E-state index contributed by atoms with van der Waals surface area (Å²) in [7, 11) is 1.55. The minimum absolute atomic E-state index is 0.0403. The number of benzene rings is 2. The van der Waals surface area contributed by atoms with Gasteiger partial charge in [-0.2, -0.15) is 0 Å². The zero-order chi connectivity index (χ0) is 22.5. The lowest BCUT2D eigenvalue weighted by Gasteiger charge is -2.21. The molecule has 0 saturated heterocycles. The standard InChI is InChI=1S/C25H29N3O3/c1-6-27(16-24(29)26-21-12-8-10-14-23(21)31-5)25(30)20-15-18(3)28(19(20)4)22-13-9-7-11-17(22)2/h7-15H,6,16H2,1-5H3,(H,26,29). The van der Waals surface area contributed by atoms with Gasteiger partial charge in [0.15, 0.2) is 0 Å². The van der Waals surface area contributed by atoms with Crippen LogP contribution in [-0.4, -0.2) is 41.5 Å². The third-order valence-corrected chi connectivity index (χ3v) is 5.40. The number of para-hydroxylation sites is 3. The first kappa shape index (κ1) is 22.2. The lowest BCUT2D eigenvalue weighted by molar-refractivity contribution is -0.116. The Labute approximate surface area is 183 Å². The van der Waals surface area contributed by atoms with E-state index in [4.69, 9.17) is 4.74 Å². The molecule has 2 aromatic carbocycles.